The third-order valence-electron chi connectivity index (χ3n) is 5.94. The van der Waals surface area contributed by atoms with Crippen LogP contribution in [0.1, 0.15) is 77.6 Å². The molecule has 0 amide bonds. The second-order valence-corrected chi connectivity index (χ2v) is 7.66. The summed E-state index contributed by atoms with van der Waals surface area (Å²) < 4.78 is 0. The van der Waals surface area contributed by atoms with Crippen LogP contribution in [0.25, 0.3) is 0 Å². The zero-order valence-electron chi connectivity index (χ0n) is 13.5. The maximum Gasteiger partial charge on any atom is 0.0309 e. The van der Waals surface area contributed by atoms with Gasteiger partial charge in [0.2, 0.25) is 0 Å². The highest BCUT2D eigenvalue weighted by Crippen LogP contribution is 2.40. The number of hydrogen-bond donors (Lipinski definition) is 1. The van der Waals surface area contributed by atoms with Crippen molar-refractivity contribution in [2.24, 2.45) is 5.92 Å². The summed E-state index contributed by atoms with van der Waals surface area (Å²) in [7, 11) is 0. The molecule has 20 heavy (non-hydrogen) atoms. The van der Waals surface area contributed by atoms with E-state index in [0.29, 0.717) is 5.54 Å². The molecule has 1 N–H and O–H groups in total. The fourth-order valence-corrected chi connectivity index (χ4v) is 4.51. The van der Waals surface area contributed by atoms with Gasteiger partial charge in [0, 0.05) is 24.7 Å². The summed E-state index contributed by atoms with van der Waals surface area (Å²) in [6.07, 6.45) is 15.8. The predicted octanol–water partition coefficient (Wildman–Crippen LogP) is 3.95. The summed E-state index contributed by atoms with van der Waals surface area (Å²) in [6, 6.07) is 0.865. The molecule has 0 bridgehead atoms. The van der Waals surface area contributed by atoms with Crippen LogP contribution in [0.4, 0.5) is 0 Å². The number of piperazine rings is 1. The summed E-state index contributed by atoms with van der Waals surface area (Å²) in [4.78, 5) is 2.90. The van der Waals surface area contributed by atoms with Crippen LogP contribution >= 0.6 is 0 Å². The van der Waals surface area contributed by atoms with E-state index in [0.717, 1.165) is 12.0 Å². The molecule has 0 aromatic carbocycles. The van der Waals surface area contributed by atoms with Crippen molar-refractivity contribution in [2.45, 2.75) is 89.1 Å². The quantitative estimate of drug-likeness (QED) is 0.740. The minimum atomic E-state index is 0.494. The van der Waals surface area contributed by atoms with Crippen molar-refractivity contribution in [1.82, 2.24) is 10.2 Å². The van der Waals surface area contributed by atoms with E-state index in [1.54, 1.807) is 0 Å². The Balaban J connectivity index is 1.55. The average molecular weight is 278 g/mol. The Morgan fingerprint density at radius 2 is 1.85 bits per heavy atom. The Morgan fingerprint density at radius 1 is 1.05 bits per heavy atom. The van der Waals surface area contributed by atoms with Crippen molar-refractivity contribution in [3.05, 3.63) is 0 Å². The van der Waals surface area contributed by atoms with Crippen molar-refractivity contribution in [3.8, 4) is 0 Å². The molecule has 0 aromatic rings. The smallest absolute Gasteiger partial charge is 0.0309 e. The van der Waals surface area contributed by atoms with Crippen LogP contribution in [0.2, 0.25) is 0 Å². The second-order valence-electron chi connectivity index (χ2n) is 7.66. The Kier molecular flexibility index (Phi) is 5.04. The van der Waals surface area contributed by atoms with Crippen LogP contribution in [0, 0.1) is 5.92 Å². The highest BCUT2D eigenvalue weighted by Gasteiger charge is 2.44. The topological polar surface area (TPSA) is 15.3 Å². The van der Waals surface area contributed by atoms with Gasteiger partial charge in [-0.1, -0.05) is 45.4 Å². The summed E-state index contributed by atoms with van der Waals surface area (Å²) >= 11 is 0. The lowest BCUT2D eigenvalue weighted by Gasteiger charge is -2.50. The first-order chi connectivity index (χ1) is 9.83. The van der Waals surface area contributed by atoms with Gasteiger partial charge in [-0.15, -0.1) is 0 Å². The Morgan fingerprint density at radius 3 is 2.55 bits per heavy atom. The van der Waals surface area contributed by atoms with Gasteiger partial charge in [0.05, 0.1) is 0 Å². The monoisotopic (exact) mass is 278 g/mol. The molecular weight excluding hydrogens is 244 g/mol. The van der Waals surface area contributed by atoms with Gasteiger partial charge in [-0.2, -0.15) is 0 Å². The lowest BCUT2D eigenvalue weighted by atomic mass is 9.79. The third kappa shape index (κ3) is 3.57. The van der Waals surface area contributed by atoms with Crippen LogP contribution in [0.15, 0.2) is 0 Å². The molecule has 3 rings (SSSR count). The van der Waals surface area contributed by atoms with Gasteiger partial charge in [-0.3, -0.25) is 4.90 Å². The molecule has 2 nitrogen and oxygen atoms in total. The minimum absolute atomic E-state index is 0.494. The Hall–Kier alpha value is -0.0800. The molecule has 0 radical (unpaired) electrons. The lowest BCUT2D eigenvalue weighted by molar-refractivity contribution is 0.0453. The fourth-order valence-electron chi connectivity index (χ4n) is 4.51. The summed E-state index contributed by atoms with van der Waals surface area (Å²) in [6.45, 7) is 6.30. The zero-order chi connectivity index (χ0) is 13.8. The fraction of sp³-hybridized carbons (Fsp3) is 1.00. The van der Waals surface area contributed by atoms with E-state index in [1.165, 1.54) is 90.3 Å². The molecule has 2 heteroatoms. The predicted molar refractivity (Wildman–Crippen MR) is 86.0 cm³/mol. The molecular formula is C18H34N2. The number of hydrogen-bond acceptors (Lipinski definition) is 2. The van der Waals surface area contributed by atoms with Gasteiger partial charge in [-0.05, 0) is 44.6 Å². The minimum Gasteiger partial charge on any atom is -0.308 e. The molecule has 1 heterocycles. The van der Waals surface area contributed by atoms with Crippen molar-refractivity contribution in [2.75, 3.05) is 19.6 Å². The normalized spacial score (nSPS) is 30.8. The van der Waals surface area contributed by atoms with Crippen LogP contribution < -0.4 is 5.32 Å². The van der Waals surface area contributed by atoms with E-state index < -0.39 is 0 Å². The lowest BCUT2D eigenvalue weighted by Crippen LogP contribution is -2.65. The first kappa shape index (κ1) is 14.8. The van der Waals surface area contributed by atoms with E-state index in [4.69, 9.17) is 0 Å². The summed E-state index contributed by atoms with van der Waals surface area (Å²) in [5, 5.41) is 4.00. The molecule has 1 saturated heterocycles. The molecule has 2 saturated carbocycles. The first-order valence-corrected chi connectivity index (χ1v) is 9.32. The van der Waals surface area contributed by atoms with E-state index >= 15 is 0 Å². The van der Waals surface area contributed by atoms with E-state index in [1.807, 2.05) is 0 Å². The standard InChI is InChI=1S/C18H34N2/c1-2-3-4-8-13-20-15-18(11-6-5-7-12-18)19-14-17(20)16-9-10-16/h16-17,19H,2-15H2,1H3. The Labute approximate surface area is 125 Å². The first-order valence-electron chi connectivity index (χ1n) is 9.32. The van der Waals surface area contributed by atoms with Crippen LogP contribution in [-0.2, 0) is 0 Å². The van der Waals surface area contributed by atoms with Crippen molar-refractivity contribution in [1.29, 1.82) is 0 Å². The summed E-state index contributed by atoms with van der Waals surface area (Å²) in [5.41, 5.74) is 0.494. The zero-order valence-corrected chi connectivity index (χ0v) is 13.5. The number of nitrogens with one attached hydrogen (secondary N) is 1. The number of unbranched alkanes of at least 4 members (excludes halogenated alkanes) is 3. The number of nitrogens with zero attached hydrogens (tertiary/aromatic N) is 1. The van der Waals surface area contributed by atoms with Crippen molar-refractivity contribution in [3.63, 3.8) is 0 Å². The number of rotatable bonds is 6. The largest absolute Gasteiger partial charge is 0.308 e. The van der Waals surface area contributed by atoms with Gasteiger partial charge >= 0.3 is 0 Å². The SMILES string of the molecule is CCCCCCN1CC2(CCCCC2)NCC1C1CC1. The third-order valence-corrected chi connectivity index (χ3v) is 5.94. The van der Waals surface area contributed by atoms with Crippen molar-refractivity contribution >= 4 is 0 Å². The van der Waals surface area contributed by atoms with E-state index in [-0.39, 0.29) is 0 Å². The maximum atomic E-state index is 4.00. The molecule has 0 aromatic heterocycles. The molecule has 116 valence electrons. The van der Waals surface area contributed by atoms with Gasteiger partial charge < -0.3 is 5.32 Å². The maximum absolute atomic E-state index is 4.00. The summed E-state index contributed by atoms with van der Waals surface area (Å²) in [5.74, 6) is 1.02. The molecule has 1 aliphatic heterocycles. The second kappa shape index (κ2) is 6.79. The molecule has 3 fully saturated rings. The average Bonchev–Trinajstić information content (AvgIpc) is 3.29. The molecule has 2 aliphatic carbocycles. The Bertz CT molecular complexity index is 292. The molecule has 1 atom stereocenters. The molecule has 3 aliphatic rings. The van der Waals surface area contributed by atoms with Crippen LogP contribution in [-0.4, -0.2) is 36.1 Å². The molecule has 1 unspecified atom stereocenters. The van der Waals surface area contributed by atoms with E-state index in [9.17, 15) is 0 Å². The van der Waals surface area contributed by atoms with Gasteiger partial charge in [0.15, 0.2) is 0 Å². The van der Waals surface area contributed by atoms with Crippen molar-refractivity contribution < 1.29 is 0 Å². The van der Waals surface area contributed by atoms with Crippen LogP contribution in [0.3, 0.4) is 0 Å². The van der Waals surface area contributed by atoms with Gasteiger partial charge in [-0.25, -0.2) is 0 Å². The highest BCUT2D eigenvalue weighted by molar-refractivity contribution is 5.03. The molecule has 1 spiro atoms. The van der Waals surface area contributed by atoms with Gasteiger partial charge in [0.25, 0.3) is 0 Å². The highest BCUT2D eigenvalue weighted by atomic mass is 15.3. The van der Waals surface area contributed by atoms with Crippen LogP contribution in [0.5, 0.6) is 0 Å². The van der Waals surface area contributed by atoms with E-state index in [2.05, 4.69) is 17.1 Å². The van der Waals surface area contributed by atoms with Gasteiger partial charge in [0.1, 0.15) is 0 Å².